The minimum Gasteiger partial charge on any atom is -0.369 e. The van der Waals surface area contributed by atoms with Crippen LogP contribution in [0.1, 0.15) is 10.4 Å². The third-order valence-corrected chi connectivity index (χ3v) is 3.01. The van der Waals surface area contributed by atoms with Crippen LogP contribution in [-0.4, -0.2) is 21.0 Å². The molecule has 0 unspecified atom stereocenters. The van der Waals surface area contributed by atoms with Crippen LogP contribution in [0, 0.1) is 0 Å². The van der Waals surface area contributed by atoms with Gasteiger partial charge in [-0.1, -0.05) is 46.9 Å². The van der Waals surface area contributed by atoms with Gasteiger partial charge in [0.05, 0.1) is 5.56 Å². The molecule has 0 fully saturated rings. The van der Waals surface area contributed by atoms with Crippen molar-refractivity contribution in [1.29, 1.82) is 0 Å². The van der Waals surface area contributed by atoms with Gasteiger partial charge >= 0.3 is 0 Å². The third kappa shape index (κ3) is 3.79. The van der Waals surface area contributed by atoms with E-state index in [4.69, 9.17) is 34.8 Å². The summed E-state index contributed by atoms with van der Waals surface area (Å²) in [6.45, 7) is 0. The zero-order chi connectivity index (χ0) is 12.3. The molecule has 0 heterocycles. The Bertz CT molecular complexity index is 395. The Morgan fingerprint density at radius 1 is 1.38 bits per heavy atom. The van der Waals surface area contributed by atoms with Gasteiger partial charge in [-0.3, -0.25) is 4.79 Å². The van der Waals surface area contributed by atoms with E-state index >= 15 is 0 Å². The summed E-state index contributed by atoms with van der Waals surface area (Å²) in [7, 11) is 0. The summed E-state index contributed by atoms with van der Waals surface area (Å²) in [5, 5.41) is 11.5. The van der Waals surface area contributed by atoms with Gasteiger partial charge in [0.1, 0.15) is 0 Å². The topological polar surface area (TPSA) is 49.3 Å². The van der Waals surface area contributed by atoms with Gasteiger partial charge in [0.2, 0.25) is 3.79 Å². The lowest BCUT2D eigenvalue weighted by atomic mass is 10.2. The van der Waals surface area contributed by atoms with E-state index in [2.05, 4.69) is 21.2 Å². The number of nitrogens with one attached hydrogen (secondary N) is 1. The van der Waals surface area contributed by atoms with E-state index < -0.39 is 15.9 Å². The molecule has 1 aromatic rings. The van der Waals surface area contributed by atoms with Gasteiger partial charge in [-0.15, -0.1) is 0 Å². The number of alkyl halides is 3. The summed E-state index contributed by atoms with van der Waals surface area (Å²) in [6, 6.07) is 6.70. The molecule has 2 N–H and O–H groups in total. The van der Waals surface area contributed by atoms with Gasteiger partial charge in [0, 0.05) is 4.47 Å². The van der Waals surface area contributed by atoms with Crippen LogP contribution in [0.25, 0.3) is 0 Å². The van der Waals surface area contributed by atoms with Crippen molar-refractivity contribution in [2.45, 2.75) is 10.0 Å². The van der Waals surface area contributed by atoms with Gasteiger partial charge in [0.15, 0.2) is 6.23 Å². The van der Waals surface area contributed by atoms with Crippen LogP contribution in [-0.2, 0) is 0 Å². The number of hydrogen-bond acceptors (Lipinski definition) is 2. The largest absolute Gasteiger partial charge is 0.369 e. The number of carbonyl (C=O) groups excluding carboxylic acids is 1. The van der Waals surface area contributed by atoms with Crippen LogP contribution >= 0.6 is 50.7 Å². The Labute approximate surface area is 116 Å². The summed E-state index contributed by atoms with van der Waals surface area (Å²) < 4.78 is -1.37. The molecule has 0 bridgehead atoms. The summed E-state index contributed by atoms with van der Waals surface area (Å²) >= 11 is 19.4. The molecule has 0 aromatic heterocycles. The highest BCUT2D eigenvalue weighted by molar-refractivity contribution is 9.10. The second-order valence-corrected chi connectivity index (χ2v) is 6.12. The van der Waals surface area contributed by atoms with Gasteiger partial charge in [-0.2, -0.15) is 0 Å². The lowest BCUT2D eigenvalue weighted by molar-refractivity contribution is 0.0791. The number of carbonyl (C=O) groups is 1. The third-order valence-electron chi connectivity index (χ3n) is 1.70. The summed E-state index contributed by atoms with van der Waals surface area (Å²) in [5.74, 6) is -0.536. The van der Waals surface area contributed by atoms with Gasteiger partial charge < -0.3 is 10.4 Å². The zero-order valence-electron chi connectivity index (χ0n) is 7.75. The molecule has 0 aliphatic carbocycles. The molecular formula is C9H7BrCl3NO2. The first-order chi connectivity index (χ1) is 7.32. The van der Waals surface area contributed by atoms with E-state index in [0.29, 0.717) is 10.0 Å². The van der Waals surface area contributed by atoms with Crippen LogP contribution in [0.5, 0.6) is 0 Å². The molecule has 0 aliphatic heterocycles. The Hall–Kier alpha value is -0.000000000000000167. The number of hydrogen-bond donors (Lipinski definition) is 2. The van der Waals surface area contributed by atoms with E-state index in [1.54, 1.807) is 24.3 Å². The maximum atomic E-state index is 11.6. The van der Waals surface area contributed by atoms with E-state index in [1.807, 2.05) is 0 Å². The SMILES string of the molecule is O=C(N[C@@H](O)C(Cl)(Cl)Cl)c1ccccc1Br. The average Bonchev–Trinajstić information content (AvgIpc) is 2.16. The smallest absolute Gasteiger partial charge is 0.254 e. The van der Waals surface area contributed by atoms with Crippen LogP contribution in [0.2, 0.25) is 0 Å². The van der Waals surface area contributed by atoms with Crippen molar-refractivity contribution in [2.24, 2.45) is 0 Å². The second-order valence-electron chi connectivity index (χ2n) is 2.90. The second kappa shape index (κ2) is 5.56. The molecule has 7 heteroatoms. The zero-order valence-corrected chi connectivity index (χ0v) is 11.6. The minimum atomic E-state index is -1.96. The molecule has 0 saturated heterocycles. The predicted octanol–water partition coefficient (Wildman–Crippen LogP) is 2.87. The fraction of sp³-hybridized carbons (Fsp3) is 0.222. The molecule has 1 amide bonds. The predicted molar refractivity (Wildman–Crippen MR) is 67.9 cm³/mol. The van der Waals surface area contributed by atoms with E-state index in [1.165, 1.54) is 0 Å². The van der Waals surface area contributed by atoms with Gasteiger partial charge in [-0.25, -0.2) is 0 Å². The standard InChI is InChI=1S/C9H7BrCl3NO2/c10-6-4-2-1-3-5(6)7(15)14-8(16)9(11,12)13/h1-4,8,16H,(H,14,15)/t8-/m0/s1. The monoisotopic (exact) mass is 345 g/mol. The number of aliphatic hydroxyl groups excluding tert-OH is 1. The first kappa shape index (κ1) is 14.1. The number of amides is 1. The Balaban J connectivity index is 2.78. The molecule has 0 aliphatic rings. The van der Waals surface area contributed by atoms with E-state index in [-0.39, 0.29) is 0 Å². The fourth-order valence-electron chi connectivity index (χ4n) is 0.929. The molecule has 0 radical (unpaired) electrons. The molecule has 1 aromatic carbocycles. The highest BCUT2D eigenvalue weighted by Crippen LogP contribution is 2.29. The van der Waals surface area contributed by atoms with Crippen molar-refractivity contribution in [2.75, 3.05) is 0 Å². The van der Waals surface area contributed by atoms with Crippen LogP contribution in [0.3, 0.4) is 0 Å². The van der Waals surface area contributed by atoms with Gasteiger partial charge in [-0.05, 0) is 28.1 Å². The Morgan fingerprint density at radius 2 is 1.94 bits per heavy atom. The van der Waals surface area contributed by atoms with Crippen molar-refractivity contribution in [3.8, 4) is 0 Å². The molecule has 1 rings (SSSR count). The van der Waals surface area contributed by atoms with Crippen LogP contribution in [0.15, 0.2) is 28.7 Å². The Morgan fingerprint density at radius 3 is 2.44 bits per heavy atom. The Kier molecular flexibility index (Phi) is 4.88. The van der Waals surface area contributed by atoms with Crippen molar-refractivity contribution in [1.82, 2.24) is 5.32 Å². The summed E-state index contributed by atoms with van der Waals surface area (Å²) in [6.07, 6.45) is -1.57. The number of rotatable bonds is 2. The van der Waals surface area contributed by atoms with Crippen molar-refractivity contribution in [3.63, 3.8) is 0 Å². The molecule has 0 saturated carbocycles. The first-order valence-corrected chi connectivity index (χ1v) is 6.05. The fourth-order valence-corrected chi connectivity index (χ4v) is 1.56. The van der Waals surface area contributed by atoms with Crippen LogP contribution < -0.4 is 5.32 Å². The van der Waals surface area contributed by atoms with Crippen molar-refractivity contribution in [3.05, 3.63) is 34.3 Å². The van der Waals surface area contributed by atoms with Crippen molar-refractivity contribution >= 4 is 56.6 Å². The van der Waals surface area contributed by atoms with Crippen molar-refractivity contribution < 1.29 is 9.90 Å². The van der Waals surface area contributed by atoms with E-state index in [0.717, 1.165) is 0 Å². The maximum Gasteiger partial charge on any atom is 0.254 e. The molecule has 3 nitrogen and oxygen atoms in total. The molecule has 0 spiro atoms. The molecule has 16 heavy (non-hydrogen) atoms. The summed E-state index contributed by atoms with van der Waals surface area (Å²) in [4.78, 5) is 11.6. The maximum absolute atomic E-state index is 11.6. The summed E-state index contributed by atoms with van der Waals surface area (Å²) in [5.41, 5.74) is 0.343. The number of aliphatic hydroxyl groups is 1. The highest BCUT2D eigenvalue weighted by atomic mass is 79.9. The number of halogens is 4. The molecular weight excluding hydrogens is 340 g/mol. The molecule has 1 atom stereocenters. The van der Waals surface area contributed by atoms with Crippen LogP contribution in [0.4, 0.5) is 0 Å². The normalized spacial score (nSPS) is 13.3. The lowest BCUT2D eigenvalue weighted by Crippen LogP contribution is -2.43. The number of benzene rings is 1. The van der Waals surface area contributed by atoms with Gasteiger partial charge in [0.25, 0.3) is 5.91 Å². The minimum absolute atomic E-state index is 0.343. The highest BCUT2D eigenvalue weighted by Gasteiger charge is 2.32. The lowest BCUT2D eigenvalue weighted by Gasteiger charge is -2.20. The first-order valence-electron chi connectivity index (χ1n) is 4.12. The average molecular weight is 347 g/mol. The quantitative estimate of drug-likeness (QED) is 0.638. The van der Waals surface area contributed by atoms with E-state index in [9.17, 15) is 9.90 Å². The molecule has 88 valence electrons.